The average molecular weight is 511 g/mol. The standard InChI is InChI=1S/C28H40Cl2O2P/c1-25(2,3)17-13-19-20-14-18(26(4,5)6)16-22(28(10,11)12)24(20)32-33(29,30)31-23(19)21(15-17)27(7,8)9/h13-16H,1-12H3/q+1. The van der Waals surface area contributed by atoms with Gasteiger partial charge in [-0.25, -0.2) is 0 Å². The molecule has 0 unspecified atom stereocenters. The number of benzene rings is 2. The van der Waals surface area contributed by atoms with Crippen LogP contribution in [0.3, 0.4) is 0 Å². The third-order valence-corrected chi connectivity index (χ3v) is 7.83. The normalized spacial score (nSPS) is 16.3. The summed E-state index contributed by atoms with van der Waals surface area (Å²) in [5.41, 5.74) is 6.26. The summed E-state index contributed by atoms with van der Waals surface area (Å²) in [5.74, 6) is 1.47. The molecule has 0 bridgehead atoms. The smallest absolute Gasteiger partial charge is 0.273 e. The van der Waals surface area contributed by atoms with Gasteiger partial charge in [0.1, 0.15) is 0 Å². The molecule has 1 aliphatic heterocycles. The molecule has 33 heavy (non-hydrogen) atoms. The van der Waals surface area contributed by atoms with Gasteiger partial charge in [-0.2, -0.15) is 0 Å². The Morgan fingerprint density at radius 2 is 0.818 bits per heavy atom. The van der Waals surface area contributed by atoms with Crippen LogP contribution in [-0.2, 0) is 21.7 Å². The fourth-order valence-corrected chi connectivity index (χ4v) is 5.75. The number of rotatable bonds is 0. The monoisotopic (exact) mass is 509 g/mol. The maximum atomic E-state index is 6.77. The lowest BCUT2D eigenvalue weighted by Crippen LogP contribution is -2.18. The molecule has 1 aliphatic rings. The van der Waals surface area contributed by atoms with Gasteiger partial charge in [0.05, 0.1) is 0 Å². The second-order valence-corrected chi connectivity index (χ2v) is 17.8. The lowest BCUT2D eigenvalue weighted by atomic mass is 9.75. The zero-order valence-electron chi connectivity index (χ0n) is 22.3. The Hall–Kier alpha value is -0.950. The lowest BCUT2D eigenvalue weighted by molar-refractivity contribution is 0.474. The van der Waals surface area contributed by atoms with Gasteiger partial charge in [-0.3, -0.25) is 9.05 Å². The van der Waals surface area contributed by atoms with Crippen LogP contribution in [0.4, 0.5) is 0 Å². The Balaban J connectivity index is 2.57. The van der Waals surface area contributed by atoms with Crippen molar-refractivity contribution in [1.29, 1.82) is 0 Å². The molecule has 0 saturated heterocycles. The fraction of sp³-hybridized carbons (Fsp3) is 0.571. The number of fused-ring (bicyclic) bond motifs is 3. The van der Waals surface area contributed by atoms with E-state index in [2.05, 4.69) is 107 Å². The summed E-state index contributed by atoms with van der Waals surface area (Å²) >= 11 is 13.5. The second kappa shape index (κ2) is 8.04. The molecule has 0 fully saturated rings. The molecule has 5 heteroatoms. The van der Waals surface area contributed by atoms with Gasteiger partial charge in [0, 0.05) is 22.3 Å². The molecular weight excluding hydrogens is 470 g/mol. The molecule has 2 nitrogen and oxygen atoms in total. The summed E-state index contributed by atoms with van der Waals surface area (Å²) in [6, 6.07) is 8.97. The molecule has 2 aromatic carbocycles. The van der Waals surface area contributed by atoms with Crippen LogP contribution in [0.15, 0.2) is 24.3 Å². The van der Waals surface area contributed by atoms with Crippen LogP contribution in [0.2, 0.25) is 0 Å². The molecular formula is C28H40Cl2O2P+. The van der Waals surface area contributed by atoms with Crippen molar-refractivity contribution < 1.29 is 9.05 Å². The fourth-order valence-electron chi connectivity index (χ4n) is 4.07. The van der Waals surface area contributed by atoms with Gasteiger partial charge in [0.25, 0.3) is 0 Å². The van der Waals surface area contributed by atoms with E-state index in [0.717, 1.165) is 33.8 Å². The van der Waals surface area contributed by atoms with E-state index in [1.54, 1.807) is 0 Å². The van der Waals surface area contributed by atoms with Gasteiger partial charge in [-0.1, -0.05) is 95.2 Å². The van der Waals surface area contributed by atoms with Crippen LogP contribution in [0.5, 0.6) is 11.5 Å². The average Bonchev–Trinajstić information content (AvgIpc) is 2.68. The van der Waals surface area contributed by atoms with Gasteiger partial charge in [0.2, 0.25) is 0 Å². The first-order valence-electron chi connectivity index (χ1n) is 11.7. The summed E-state index contributed by atoms with van der Waals surface area (Å²) in [4.78, 5) is 0. The van der Waals surface area contributed by atoms with E-state index in [1.807, 2.05) is 0 Å². The zero-order valence-corrected chi connectivity index (χ0v) is 24.7. The topological polar surface area (TPSA) is 18.5 Å². The molecule has 0 atom stereocenters. The van der Waals surface area contributed by atoms with Crippen molar-refractivity contribution in [3.8, 4) is 22.6 Å². The van der Waals surface area contributed by atoms with Crippen molar-refractivity contribution in [3.63, 3.8) is 0 Å². The van der Waals surface area contributed by atoms with Crippen molar-refractivity contribution in [2.45, 2.75) is 105 Å². The lowest BCUT2D eigenvalue weighted by Gasteiger charge is -2.29. The van der Waals surface area contributed by atoms with Crippen LogP contribution < -0.4 is 9.05 Å². The predicted molar refractivity (Wildman–Crippen MR) is 147 cm³/mol. The third-order valence-electron chi connectivity index (χ3n) is 6.21. The Kier molecular flexibility index (Phi) is 6.49. The van der Waals surface area contributed by atoms with E-state index < -0.39 is 6.42 Å². The summed E-state index contributed by atoms with van der Waals surface area (Å²) in [7, 11) is 0. The van der Waals surface area contributed by atoms with Crippen molar-refractivity contribution >= 4 is 28.9 Å². The highest BCUT2D eigenvalue weighted by Gasteiger charge is 2.50. The quantitative estimate of drug-likeness (QED) is 0.328. The molecule has 0 saturated carbocycles. The van der Waals surface area contributed by atoms with Crippen molar-refractivity contribution in [2.75, 3.05) is 0 Å². The van der Waals surface area contributed by atoms with E-state index in [0.29, 0.717) is 0 Å². The Morgan fingerprint density at radius 3 is 1.06 bits per heavy atom. The predicted octanol–water partition coefficient (Wildman–Crippen LogP) is 10.5. The molecule has 3 rings (SSSR count). The van der Waals surface area contributed by atoms with Gasteiger partial charge in [-0.05, 0) is 44.9 Å². The van der Waals surface area contributed by atoms with Gasteiger partial charge in [-0.15, -0.1) is 0 Å². The largest absolute Gasteiger partial charge is 0.563 e. The number of halogens is 2. The van der Waals surface area contributed by atoms with Gasteiger partial charge in [0.15, 0.2) is 34.0 Å². The summed E-state index contributed by atoms with van der Waals surface area (Å²) in [6.07, 6.45) is -3.20. The first-order valence-corrected chi connectivity index (χ1v) is 15.1. The van der Waals surface area contributed by atoms with Crippen LogP contribution in [0, 0.1) is 0 Å². The van der Waals surface area contributed by atoms with E-state index in [1.165, 1.54) is 11.1 Å². The van der Waals surface area contributed by atoms with Crippen LogP contribution >= 0.6 is 28.9 Å². The Morgan fingerprint density at radius 1 is 0.515 bits per heavy atom. The van der Waals surface area contributed by atoms with Crippen molar-refractivity contribution in [1.82, 2.24) is 0 Å². The van der Waals surface area contributed by atoms with E-state index >= 15 is 0 Å². The molecule has 0 spiro atoms. The second-order valence-electron chi connectivity index (χ2n) is 13.4. The van der Waals surface area contributed by atoms with E-state index in [9.17, 15) is 0 Å². The molecule has 0 amide bonds. The first kappa shape index (κ1) is 26.7. The molecule has 1 heterocycles. The molecule has 182 valence electrons. The third kappa shape index (κ3) is 5.50. The minimum absolute atomic E-state index is 0.0367. The maximum Gasteiger partial charge on any atom is 0.563 e. The minimum atomic E-state index is -3.20. The van der Waals surface area contributed by atoms with Crippen molar-refractivity contribution in [3.05, 3.63) is 46.5 Å². The van der Waals surface area contributed by atoms with Crippen LogP contribution in [0.1, 0.15) is 105 Å². The molecule has 0 aliphatic carbocycles. The highest BCUT2D eigenvalue weighted by Crippen LogP contribution is 2.73. The molecule has 0 aromatic heterocycles. The molecule has 2 aromatic rings. The summed E-state index contributed by atoms with van der Waals surface area (Å²) < 4.78 is 12.7. The molecule has 0 N–H and O–H groups in total. The van der Waals surface area contributed by atoms with E-state index in [4.69, 9.17) is 31.5 Å². The van der Waals surface area contributed by atoms with E-state index in [-0.39, 0.29) is 21.7 Å². The van der Waals surface area contributed by atoms with Crippen LogP contribution in [-0.4, -0.2) is 0 Å². The SMILES string of the molecule is CC(C)(C)c1cc2c(c(C(C)(C)C)c1)O[P+](Cl)(Cl)Oc1c-2cc(C(C)(C)C)cc1C(C)(C)C. The Bertz CT molecular complexity index is 990. The minimum Gasteiger partial charge on any atom is -0.273 e. The van der Waals surface area contributed by atoms with Gasteiger partial charge < -0.3 is 0 Å². The summed E-state index contributed by atoms with van der Waals surface area (Å²) in [5, 5.41) is 0. The van der Waals surface area contributed by atoms with Gasteiger partial charge >= 0.3 is 6.42 Å². The maximum absolute atomic E-state index is 6.77. The van der Waals surface area contributed by atoms with Crippen LogP contribution in [0.25, 0.3) is 11.1 Å². The number of hydrogen-bond donors (Lipinski definition) is 0. The number of hydrogen-bond acceptors (Lipinski definition) is 2. The highest BCUT2D eigenvalue weighted by atomic mass is 35.9. The highest BCUT2D eigenvalue weighted by molar-refractivity contribution is 8.11. The molecule has 0 radical (unpaired) electrons. The Labute approximate surface area is 211 Å². The first-order chi connectivity index (χ1) is 14.6. The van der Waals surface area contributed by atoms with Crippen molar-refractivity contribution in [2.24, 2.45) is 0 Å². The summed E-state index contributed by atoms with van der Waals surface area (Å²) in [6.45, 7) is 26.6. The zero-order chi connectivity index (χ0) is 25.4.